The molecule has 1 aliphatic heterocycles. The van der Waals surface area contributed by atoms with Crippen LogP contribution in [0.3, 0.4) is 0 Å². The summed E-state index contributed by atoms with van der Waals surface area (Å²) in [4.78, 5) is 45.0. The molecule has 1 saturated heterocycles. The summed E-state index contributed by atoms with van der Waals surface area (Å²) in [7, 11) is 1.54. The number of aromatic amines is 1. The van der Waals surface area contributed by atoms with E-state index in [1.54, 1.807) is 29.2 Å². The zero-order chi connectivity index (χ0) is 30.3. The lowest BCUT2D eigenvalue weighted by Gasteiger charge is -2.35. The Morgan fingerprint density at radius 2 is 1.81 bits per heavy atom. The van der Waals surface area contributed by atoms with Gasteiger partial charge in [0, 0.05) is 48.1 Å². The van der Waals surface area contributed by atoms with Gasteiger partial charge in [-0.3, -0.25) is 14.0 Å². The van der Waals surface area contributed by atoms with Crippen LogP contribution in [0.2, 0.25) is 0 Å². The van der Waals surface area contributed by atoms with Crippen molar-refractivity contribution in [2.45, 2.75) is 56.5 Å². The fourth-order valence-corrected chi connectivity index (χ4v) is 6.64. The number of anilines is 1. The number of aromatic nitrogens is 1. The summed E-state index contributed by atoms with van der Waals surface area (Å²) in [5, 5.41) is 3.80. The highest BCUT2D eigenvalue weighted by atomic mass is 19.1. The van der Waals surface area contributed by atoms with Gasteiger partial charge in [-0.1, -0.05) is 30.3 Å². The van der Waals surface area contributed by atoms with E-state index in [0.29, 0.717) is 50.2 Å². The average Bonchev–Trinajstić information content (AvgIpc) is 3.66. The number of fused-ring (bicyclic) bond motifs is 1. The van der Waals surface area contributed by atoms with Crippen LogP contribution in [0.1, 0.15) is 60.5 Å². The number of esters is 1. The van der Waals surface area contributed by atoms with Crippen molar-refractivity contribution in [2.75, 3.05) is 38.9 Å². The van der Waals surface area contributed by atoms with E-state index in [9.17, 15) is 18.8 Å². The topological polar surface area (TPSA) is 127 Å². The van der Waals surface area contributed by atoms with Crippen LogP contribution < -0.4 is 11.1 Å². The monoisotopic (exact) mass is 592 g/mol. The van der Waals surface area contributed by atoms with Gasteiger partial charge in [0.1, 0.15) is 18.3 Å². The minimum atomic E-state index is -0.658. The van der Waals surface area contributed by atoms with Crippen molar-refractivity contribution >= 4 is 34.4 Å². The number of likely N-dealkylation sites (tertiary alicyclic amines) is 1. The number of H-pyrrole nitrogens is 1. The molecule has 4 N–H and O–H groups in total. The van der Waals surface area contributed by atoms with Crippen LogP contribution in [0.4, 0.5) is 10.1 Å². The van der Waals surface area contributed by atoms with Gasteiger partial charge in [0.2, 0.25) is 11.8 Å². The molecule has 0 radical (unpaired) electrons. The smallest absolute Gasteiger partial charge is 0.354 e. The molecule has 43 heavy (non-hydrogen) atoms. The number of nitrogens with one attached hydrogen (secondary N) is 2. The maximum absolute atomic E-state index is 14.0. The van der Waals surface area contributed by atoms with Crippen LogP contribution in [0, 0.1) is 11.8 Å². The zero-order valence-corrected chi connectivity index (χ0v) is 24.6. The normalized spacial score (nSPS) is 22.8. The molecule has 2 amide bonds. The van der Waals surface area contributed by atoms with E-state index in [1.807, 2.05) is 30.3 Å². The van der Waals surface area contributed by atoms with E-state index in [0.717, 1.165) is 29.3 Å². The second-order valence-electron chi connectivity index (χ2n) is 11.6. The maximum Gasteiger partial charge on any atom is 0.354 e. The molecule has 0 bridgehead atoms. The van der Waals surface area contributed by atoms with Gasteiger partial charge >= 0.3 is 5.97 Å². The number of amides is 2. The molecule has 1 saturated carbocycles. The Balaban J connectivity index is 1.32. The van der Waals surface area contributed by atoms with Crippen molar-refractivity contribution < 1.29 is 28.2 Å². The van der Waals surface area contributed by atoms with Gasteiger partial charge in [0.25, 0.3) is 0 Å². The van der Waals surface area contributed by atoms with Gasteiger partial charge in [0.15, 0.2) is 0 Å². The summed E-state index contributed by atoms with van der Waals surface area (Å²) in [6, 6.07) is 16.1. The first-order valence-electron chi connectivity index (χ1n) is 15.2. The summed E-state index contributed by atoms with van der Waals surface area (Å²) in [5.41, 5.74) is 8.82. The molecule has 5 rings (SSSR count). The molecule has 1 aromatic heterocycles. The van der Waals surface area contributed by atoms with E-state index in [-0.39, 0.29) is 42.2 Å². The van der Waals surface area contributed by atoms with E-state index < -0.39 is 18.7 Å². The summed E-state index contributed by atoms with van der Waals surface area (Å²) in [5.74, 6) is -0.796. The van der Waals surface area contributed by atoms with E-state index in [4.69, 9.17) is 15.2 Å². The standard InChI is InChI=1S/C33H41FN4O5/c1-42-17-18-43-33(41)29-20-24-19-25(11-12-28(24)37-29)36-31(39)30-26(21-5-3-2-4-6-21)14-16-38(30)32(40)23-9-7-22(8-10-23)27(35)13-15-34/h2-6,11-12,19-20,22-23,26-27,30,37H,7-10,13-18,35H2,1H3,(H,36,39)/t22-,23-,26-,27-,30+/m1/s1. The number of halogens is 1. The van der Waals surface area contributed by atoms with Gasteiger partial charge < -0.3 is 30.4 Å². The third-order valence-electron chi connectivity index (χ3n) is 8.98. The minimum absolute atomic E-state index is 0.00816. The van der Waals surface area contributed by atoms with Gasteiger partial charge in [-0.25, -0.2) is 4.79 Å². The number of carbonyl (C=O) groups is 3. The Labute approximate surface area is 251 Å². The van der Waals surface area contributed by atoms with Gasteiger partial charge in [-0.15, -0.1) is 0 Å². The van der Waals surface area contributed by atoms with Crippen LogP contribution in [-0.4, -0.2) is 73.3 Å². The number of ether oxygens (including phenoxy) is 2. The Morgan fingerprint density at radius 3 is 2.53 bits per heavy atom. The number of carbonyl (C=O) groups excluding carboxylic acids is 3. The second kappa shape index (κ2) is 14.1. The third kappa shape index (κ3) is 7.08. The van der Waals surface area contributed by atoms with Crippen molar-refractivity contribution in [1.29, 1.82) is 0 Å². The average molecular weight is 593 g/mol. The molecule has 0 spiro atoms. The van der Waals surface area contributed by atoms with Crippen molar-refractivity contribution in [2.24, 2.45) is 17.6 Å². The molecule has 3 atom stereocenters. The second-order valence-corrected chi connectivity index (χ2v) is 11.6. The lowest BCUT2D eigenvalue weighted by molar-refractivity contribution is -0.141. The molecule has 0 unspecified atom stereocenters. The Hall–Kier alpha value is -3.76. The number of nitrogens with zero attached hydrogens (tertiary/aromatic N) is 1. The SMILES string of the molecule is COCCOC(=O)c1cc2cc(NC(=O)[C@@H]3[C@@H](c4ccccc4)CCN3C(=O)[C@H]3CC[C@H]([C@H](N)CCF)CC3)ccc2[nH]1. The molecule has 10 heteroatoms. The zero-order valence-electron chi connectivity index (χ0n) is 24.6. The highest BCUT2D eigenvalue weighted by Crippen LogP contribution is 2.38. The first-order chi connectivity index (χ1) is 20.9. The first-order valence-corrected chi connectivity index (χ1v) is 15.2. The molecule has 9 nitrogen and oxygen atoms in total. The van der Waals surface area contributed by atoms with Crippen molar-refractivity contribution in [3.8, 4) is 0 Å². The van der Waals surface area contributed by atoms with Crippen LogP contribution in [0.25, 0.3) is 10.9 Å². The van der Waals surface area contributed by atoms with Gasteiger partial charge in [-0.2, -0.15) is 0 Å². The number of hydrogen-bond acceptors (Lipinski definition) is 6. The van der Waals surface area contributed by atoms with Crippen LogP contribution in [0.15, 0.2) is 54.6 Å². The van der Waals surface area contributed by atoms with Crippen LogP contribution in [0.5, 0.6) is 0 Å². The van der Waals surface area contributed by atoms with Gasteiger partial charge in [-0.05, 0) is 74.3 Å². The largest absolute Gasteiger partial charge is 0.459 e. The minimum Gasteiger partial charge on any atom is -0.459 e. The number of benzene rings is 2. The molecule has 3 aromatic rings. The summed E-state index contributed by atoms with van der Waals surface area (Å²) < 4.78 is 22.9. The molecule has 230 valence electrons. The quantitative estimate of drug-likeness (QED) is 0.217. The Morgan fingerprint density at radius 1 is 1.05 bits per heavy atom. The molecule has 1 aliphatic carbocycles. The predicted molar refractivity (Wildman–Crippen MR) is 162 cm³/mol. The van der Waals surface area contributed by atoms with Crippen LogP contribution in [-0.2, 0) is 19.1 Å². The Bertz CT molecular complexity index is 1400. The number of alkyl halides is 1. The maximum atomic E-state index is 14.0. The number of hydrogen-bond donors (Lipinski definition) is 3. The fourth-order valence-electron chi connectivity index (χ4n) is 6.64. The summed E-state index contributed by atoms with van der Waals surface area (Å²) in [6.45, 7) is 0.538. The fraction of sp³-hybridized carbons (Fsp3) is 0.485. The summed E-state index contributed by atoms with van der Waals surface area (Å²) in [6.07, 6.45) is 4.03. The predicted octanol–water partition coefficient (Wildman–Crippen LogP) is 4.79. The number of nitrogens with two attached hydrogens (primary N) is 1. The molecule has 2 fully saturated rings. The molecule has 2 aliphatic rings. The van der Waals surface area contributed by atoms with Crippen molar-refractivity contribution in [1.82, 2.24) is 9.88 Å². The van der Waals surface area contributed by atoms with Crippen LogP contribution >= 0.6 is 0 Å². The molecular weight excluding hydrogens is 551 g/mol. The van der Waals surface area contributed by atoms with Gasteiger partial charge in [0.05, 0.1) is 13.3 Å². The lowest BCUT2D eigenvalue weighted by Crippen LogP contribution is -2.48. The van der Waals surface area contributed by atoms with Crippen molar-refractivity contribution in [3.63, 3.8) is 0 Å². The summed E-state index contributed by atoms with van der Waals surface area (Å²) >= 11 is 0. The number of methoxy groups -OCH3 is 1. The first kappa shape index (κ1) is 30.7. The van der Waals surface area contributed by atoms with E-state index in [1.165, 1.54) is 7.11 Å². The molecule has 2 heterocycles. The number of rotatable bonds is 11. The lowest BCUT2D eigenvalue weighted by atomic mass is 9.77. The molecule has 2 aromatic carbocycles. The highest BCUT2D eigenvalue weighted by molar-refractivity contribution is 6.01. The van der Waals surface area contributed by atoms with Crippen molar-refractivity contribution in [3.05, 3.63) is 65.9 Å². The van der Waals surface area contributed by atoms with E-state index in [2.05, 4.69) is 10.3 Å². The molecular formula is C33H41FN4O5. The van der Waals surface area contributed by atoms with E-state index >= 15 is 0 Å². The third-order valence-corrected chi connectivity index (χ3v) is 8.98. The highest BCUT2D eigenvalue weighted by Gasteiger charge is 2.44. The Kier molecular flexibility index (Phi) is 10.1.